The smallest absolute Gasteiger partial charge is 0.335 e. The second kappa shape index (κ2) is 9.62. The average Bonchev–Trinajstić information content (AvgIpc) is 3.30. The van der Waals surface area contributed by atoms with Gasteiger partial charge in [0.05, 0.1) is 11.3 Å². The van der Waals surface area contributed by atoms with E-state index in [4.69, 9.17) is 9.94 Å². The summed E-state index contributed by atoms with van der Waals surface area (Å²) in [5, 5.41) is 12.7. The third kappa shape index (κ3) is 5.18. The average molecular weight is 339 g/mol. The highest BCUT2D eigenvalue weighted by molar-refractivity contribution is 5.89. The largest absolute Gasteiger partial charge is 0.478 e. The van der Waals surface area contributed by atoms with Gasteiger partial charge in [0, 0.05) is 5.92 Å². The molecule has 25 heavy (non-hydrogen) atoms. The lowest BCUT2D eigenvalue weighted by atomic mass is 10.0. The first-order valence-corrected chi connectivity index (χ1v) is 8.81. The number of hydrogen-bond acceptors (Lipinski definition) is 3. The Morgan fingerprint density at radius 1 is 1.04 bits per heavy atom. The minimum Gasteiger partial charge on any atom is -0.478 e. The highest BCUT2D eigenvalue weighted by Gasteiger charge is 2.27. The van der Waals surface area contributed by atoms with E-state index in [9.17, 15) is 4.79 Å². The molecule has 1 atom stereocenters. The zero-order valence-corrected chi connectivity index (χ0v) is 14.8. The molecule has 1 aliphatic heterocycles. The van der Waals surface area contributed by atoms with Crippen LogP contribution in [0.4, 0.5) is 0 Å². The van der Waals surface area contributed by atoms with Crippen molar-refractivity contribution in [3.8, 4) is 11.1 Å². The predicted molar refractivity (Wildman–Crippen MR) is 101 cm³/mol. The molecule has 2 aromatic rings. The van der Waals surface area contributed by atoms with Crippen molar-refractivity contribution in [1.82, 2.24) is 0 Å². The number of carbonyl (C=O) groups is 1. The van der Waals surface area contributed by atoms with E-state index < -0.39 is 5.97 Å². The van der Waals surface area contributed by atoms with Gasteiger partial charge in [-0.3, -0.25) is 0 Å². The minimum absolute atomic E-state index is 0.315. The van der Waals surface area contributed by atoms with Gasteiger partial charge < -0.3 is 9.94 Å². The first kappa shape index (κ1) is 18.7. The number of carboxylic acid groups (broad SMARTS) is 1. The Morgan fingerprint density at radius 3 is 2.28 bits per heavy atom. The number of fused-ring (bicyclic) bond motifs is 1. The van der Waals surface area contributed by atoms with Gasteiger partial charge in [-0.2, -0.15) is 0 Å². The number of rotatable bonds is 2. The van der Waals surface area contributed by atoms with E-state index in [0.29, 0.717) is 11.5 Å². The van der Waals surface area contributed by atoms with Gasteiger partial charge >= 0.3 is 5.97 Å². The molecule has 1 heterocycles. The lowest BCUT2D eigenvalue weighted by molar-refractivity contribution is 0.0697. The van der Waals surface area contributed by atoms with Crippen molar-refractivity contribution in [2.45, 2.75) is 33.1 Å². The molecule has 0 saturated heterocycles. The summed E-state index contributed by atoms with van der Waals surface area (Å²) in [6.07, 6.45) is 3.82. The van der Waals surface area contributed by atoms with E-state index >= 15 is 0 Å². The zero-order valence-electron chi connectivity index (χ0n) is 14.8. The van der Waals surface area contributed by atoms with Crippen LogP contribution in [0, 0.1) is 5.92 Å². The van der Waals surface area contributed by atoms with E-state index in [0.717, 1.165) is 17.7 Å². The fourth-order valence-electron chi connectivity index (χ4n) is 2.85. The van der Waals surface area contributed by atoms with E-state index in [-0.39, 0.29) is 0 Å². The van der Waals surface area contributed by atoms with E-state index in [1.54, 1.807) is 12.1 Å². The van der Waals surface area contributed by atoms with Gasteiger partial charge in [0.15, 0.2) is 0 Å². The fraction of sp³-hybridized carbons (Fsp3) is 0.333. The summed E-state index contributed by atoms with van der Waals surface area (Å²) in [6, 6.07) is 16.7. The third-order valence-corrected chi connectivity index (χ3v) is 4.15. The van der Waals surface area contributed by atoms with Crippen molar-refractivity contribution >= 4 is 11.7 Å². The van der Waals surface area contributed by atoms with Crippen molar-refractivity contribution < 1.29 is 14.7 Å². The second-order valence-electron chi connectivity index (χ2n) is 5.72. The number of oxime groups is 1. The lowest BCUT2D eigenvalue weighted by Gasteiger charge is -2.01. The quantitative estimate of drug-likeness (QED) is 0.813. The molecule has 2 aliphatic rings. The van der Waals surface area contributed by atoms with E-state index in [2.05, 4.69) is 5.16 Å². The molecule has 4 nitrogen and oxygen atoms in total. The van der Waals surface area contributed by atoms with Gasteiger partial charge in [0.1, 0.15) is 6.61 Å². The molecule has 4 heteroatoms. The predicted octanol–water partition coefficient (Wildman–Crippen LogP) is 5.25. The molecule has 2 aromatic carbocycles. The first-order chi connectivity index (χ1) is 12.2. The van der Waals surface area contributed by atoms with Crippen LogP contribution >= 0.6 is 0 Å². The summed E-state index contributed by atoms with van der Waals surface area (Å²) >= 11 is 0. The Bertz CT molecular complexity index is 693. The normalized spacial score (nSPS) is 17.0. The molecule has 4 rings (SSSR count). The molecule has 1 fully saturated rings. The zero-order chi connectivity index (χ0) is 18.1. The van der Waals surface area contributed by atoms with Crippen molar-refractivity contribution in [3.05, 3.63) is 60.2 Å². The maximum Gasteiger partial charge on any atom is 0.335 e. The maximum absolute atomic E-state index is 10.6. The molecule has 0 amide bonds. The van der Waals surface area contributed by atoms with Crippen LogP contribution in [0.3, 0.4) is 0 Å². The summed E-state index contributed by atoms with van der Waals surface area (Å²) in [4.78, 5) is 15.5. The lowest BCUT2D eigenvalue weighted by Crippen LogP contribution is -2.03. The number of aromatic carboxylic acids is 1. The SMILES string of the molecule is C1CC2=NOCC2C1.CC.O=C(O)c1ccc(-c2ccccc2)cc1. The van der Waals surface area contributed by atoms with Crippen molar-refractivity contribution in [3.63, 3.8) is 0 Å². The van der Waals surface area contributed by atoms with E-state index in [1.165, 1.54) is 25.0 Å². The summed E-state index contributed by atoms with van der Waals surface area (Å²) in [5.41, 5.74) is 3.75. The molecule has 0 radical (unpaired) electrons. The monoisotopic (exact) mass is 339 g/mol. The standard InChI is InChI=1S/C13H10O2.C6H9NO.C2H6/c14-13(15)12-8-6-11(7-9-12)10-4-2-1-3-5-10;1-2-5-4-8-7-6(5)3-1;1-2/h1-9H,(H,14,15);5H,1-4H2;1-2H3. The summed E-state index contributed by atoms with van der Waals surface area (Å²) in [7, 11) is 0. The van der Waals surface area contributed by atoms with Gasteiger partial charge in [-0.1, -0.05) is 61.5 Å². The molecule has 0 aromatic heterocycles. The topological polar surface area (TPSA) is 58.9 Å². The highest BCUT2D eigenvalue weighted by Crippen LogP contribution is 2.26. The third-order valence-electron chi connectivity index (χ3n) is 4.15. The van der Waals surface area contributed by atoms with Crippen LogP contribution in [0.5, 0.6) is 0 Å². The number of hydrogen-bond donors (Lipinski definition) is 1. The first-order valence-electron chi connectivity index (χ1n) is 8.81. The number of benzene rings is 2. The molecule has 1 unspecified atom stereocenters. The van der Waals surface area contributed by atoms with Crippen LogP contribution in [0.25, 0.3) is 11.1 Å². The summed E-state index contributed by atoms with van der Waals surface area (Å²) in [6.45, 7) is 4.86. The molecular formula is C21H25NO3. The minimum atomic E-state index is -0.894. The van der Waals surface area contributed by atoms with Crippen LogP contribution < -0.4 is 0 Å². The molecule has 1 N–H and O–H groups in total. The van der Waals surface area contributed by atoms with Gasteiger partial charge in [0.2, 0.25) is 0 Å². The van der Waals surface area contributed by atoms with Gasteiger partial charge in [-0.25, -0.2) is 4.79 Å². The Labute approximate surface area is 149 Å². The Balaban J connectivity index is 0.000000188. The summed E-state index contributed by atoms with van der Waals surface area (Å²) in [5.74, 6) is -0.190. The van der Waals surface area contributed by atoms with Crippen LogP contribution in [0.15, 0.2) is 59.8 Å². The van der Waals surface area contributed by atoms with Crippen molar-refractivity contribution in [2.75, 3.05) is 6.61 Å². The molecule has 0 bridgehead atoms. The van der Waals surface area contributed by atoms with Crippen molar-refractivity contribution in [2.24, 2.45) is 11.1 Å². The Hall–Kier alpha value is -2.62. The van der Waals surface area contributed by atoms with Crippen LogP contribution in [-0.4, -0.2) is 23.4 Å². The number of nitrogens with zero attached hydrogens (tertiary/aromatic N) is 1. The van der Waals surface area contributed by atoms with Crippen LogP contribution in [0.2, 0.25) is 0 Å². The van der Waals surface area contributed by atoms with Gasteiger partial charge in [-0.15, -0.1) is 0 Å². The van der Waals surface area contributed by atoms with Gasteiger partial charge in [0.25, 0.3) is 0 Å². The van der Waals surface area contributed by atoms with E-state index in [1.807, 2.05) is 56.3 Å². The fourth-order valence-corrected chi connectivity index (χ4v) is 2.85. The second-order valence-corrected chi connectivity index (χ2v) is 5.72. The summed E-state index contributed by atoms with van der Waals surface area (Å²) < 4.78 is 0. The van der Waals surface area contributed by atoms with Crippen molar-refractivity contribution in [1.29, 1.82) is 0 Å². The molecule has 132 valence electrons. The molecule has 1 saturated carbocycles. The Morgan fingerprint density at radius 2 is 1.68 bits per heavy atom. The maximum atomic E-state index is 10.6. The highest BCUT2D eigenvalue weighted by atomic mass is 16.6. The van der Waals surface area contributed by atoms with Crippen LogP contribution in [-0.2, 0) is 4.84 Å². The molecule has 1 aliphatic carbocycles. The van der Waals surface area contributed by atoms with Gasteiger partial charge in [-0.05, 0) is 42.5 Å². The van der Waals surface area contributed by atoms with Crippen LogP contribution in [0.1, 0.15) is 43.5 Å². The number of carboxylic acids is 1. The molecule has 0 spiro atoms. The molecular weight excluding hydrogens is 314 g/mol. The Kier molecular flexibility index (Phi) is 7.20.